The molecular formula is C3H3Br4F. The van der Waals surface area contributed by atoms with Gasteiger partial charge in [0.1, 0.15) is 0 Å². The van der Waals surface area contributed by atoms with Gasteiger partial charge in [-0.15, -0.1) is 0 Å². The zero-order valence-electron chi connectivity index (χ0n) is 3.89. The molecule has 1 unspecified atom stereocenters. The molecular weight excluding hydrogens is 375 g/mol. The average molecular weight is 378 g/mol. The summed E-state index contributed by atoms with van der Waals surface area (Å²) in [6, 6.07) is 0. The first kappa shape index (κ1) is 9.85. The fourth-order valence-corrected chi connectivity index (χ4v) is 0. The molecule has 0 radical (unpaired) electrons. The highest BCUT2D eigenvalue weighted by atomic mass is 80.0. The number of rotatable bonds is 0. The van der Waals surface area contributed by atoms with Gasteiger partial charge in [0.05, 0.1) is 0 Å². The summed E-state index contributed by atoms with van der Waals surface area (Å²) in [4.78, 5) is 0. The summed E-state index contributed by atoms with van der Waals surface area (Å²) in [6.07, 6.45) is 0. The Balaban J connectivity index is 4.02. The number of hydrogen-bond acceptors (Lipinski definition) is 0. The SMILES string of the molecule is CC(F)(Br)C(Br)(Br)Br. The van der Waals surface area contributed by atoms with Crippen LogP contribution in [0.3, 0.4) is 0 Å². The molecule has 0 aliphatic carbocycles. The maximum Gasteiger partial charge on any atom is 0.196 e. The molecule has 50 valence electrons. The third kappa shape index (κ3) is 3.13. The van der Waals surface area contributed by atoms with Gasteiger partial charge in [0.2, 0.25) is 0 Å². The highest BCUT2D eigenvalue weighted by Crippen LogP contribution is 2.49. The van der Waals surface area contributed by atoms with Crippen molar-refractivity contribution in [3.8, 4) is 0 Å². The first-order valence-electron chi connectivity index (χ1n) is 1.69. The Kier molecular flexibility index (Phi) is 3.50. The molecule has 0 saturated carbocycles. The lowest BCUT2D eigenvalue weighted by atomic mass is 10.5. The van der Waals surface area contributed by atoms with Gasteiger partial charge in [-0.25, -0.2) is 4.39 Å². The quantitative estimate of drug-likeness (QED) is 0.562. The van der Waals surface area contributed by atoms with Crippen molar-refractivity contribution < 1.29 is 4.39 Å². The Hall–Kier alpha value is 1.85. The van der Waals surface area contributed by atoms with Crippen molar-refractivity contribution >= 4 is 63.7 Å². The lowest BCUT2D eigenvalue weighted by Crippen LogP contribution is -2.25. The molecule has 0 saturated heterocycles. The van der Waals surface area contributed by atoms with Crippen molar-refractivity contribution in [1.82, 2.24) is 0 Å². The predicted octanol–water partition coefficient (Wildman–Crippen LogP) is 3.91. The maximum absolute atomic E-state index is 12.7. The molecule has 0 aliphatic heterocycles. The second-order valence-corrected chi connectivity index (χ2v) is 9.64. The molecule has 0 N–H and O–H groups in total. The van der Waals surface area contributed by atoms with Gasteiger partial charge in [0, 0.05) is 0 Å². The van der Waals surface area contributed by atoms with Gasteiger partial charge < -0.3 is 0 Å². The standard InChI is InChI=1S/C3H3Br4F/c1-2(4,8)3(5,6)7/h1H3. The van der Waals surface area contributed by atoms with E-state index in [0.717, 1.165) is 0 Å². The van der Waals surface area contributed by atoms with E-state index in [4.69, 9.17) is 0 Å². The predicted molar refractivity (Wildman–Crippen MR) is 48.0 cm³/mol. The highest BCUT2D eigenvalue weighted by Gasteiger charge is 2.40. The molecule has 0 aromatic rings. The molecule has 0 aromatic heterocycles. The normalized spacial score (nSPS) is 20.2. The third-order valence-electron chi connectivity index (χ3n) is 0.498. The fourth-order valence-electron chi connectivity index (χ4n) is 0. The van der Waals surface area contributed by atoms with Crippen LogP contribution in [0.25, 0.3) is 0 Å². The summed E-state index contributed by atoms with van der Waals surface area (Å²) in [5.74, 6) is 0. The Morgan fingerprint density at radius 1 is 1.12 bits per heavy atom. The molecule has 0 bridgehead atoms. The first-order chi connectivity index (χ1) is 3.25. The van der Waals surface area contributed by atoms with Gasteiger partial charge in [0.15, 0.2) is 6.72 Å². The second kappa shape index (κ2) is 2.84. The summed E-state index contributed by atoms with van der Waals surface area (Å²) < 4.78 is 10.3. The number of hydrogen-bond donors (Lipinski definition) is 0. The summed E-state index contributed by atoms with van der Waals surface area (Å²) in [5, 5.41) is 0. The fraction of sp³-hybridized carbons (Fsp3) is 1.00. The minimum atomic E-state index is -1.50. The van der Waals surface area contributed by atoms with Crippen molar-refractivity contribution in [3.63, 3.8) is 0 Å². The molecule has 0 spiro atoms. The van der Waals surface area contributed by atoms with Crippen LogP contribution >= 0.6 is 63.7 Å². The Bertz CT molecular complexity index is 66.3. The van der Waals surface area contributed by atoms with E-state index in [9.17, 15) is 4.39 Å². The van der Waals surface area contributed by atoms with E-state index >= 15 is 0 Å². The summed E-state index contributed by atoms with van der Waals surface area (Å²) in [5.41, 5.74) is 0. The van der Waals surface area contributed by atoms with Crippen molar-refractivity contribution in [2.45, 2.75) is 13.6 Å². The molecule has 0 heterocycles. The molecule has 1 atom stereocenters. The zero-order chi connectivity index (χ0) is 7.00. The van der Waals surface area contributed by atoms with Crippen LogP contribution in [0.4, 0.5) is 4.39 Å². The van der Waals surface area contributed by atoms with Gasteiger partial charge in [-0.3, -0.25) is 0 Å². The van der Waals surface area contributed by atoms with Crippen molar-refractivity contribution in [1.29, 1.82) is 0 Å². The van der Waals surface area contributed by atoms with Crippen LogP contribution in [-0.2, 0) is 0 Å². The number of halogens is 5. The molecule has 8 heavy (non-hydrogen) atoms. The molecule has 0 aliphatic rings. The molecule has 0 amide bonds. The summed E-state index contributed by atoms with van der Waals surface area (Å²) in [7, 11) is 0. The van der Waals surface area contributed by atoms with Crippen molar-refractivity contribution in [2.75, 3.05) is 0 Å². The highest BCUT2D eigenvalue weighted by molar-refractivity contribution is 9.40. The number of alkyl halides is 5. The van der Waals surface area contributed by atoms with Gasteiger partial charge in [-0.1, -0.05) is 47.8 Å². The van der Waals surface area contributed by atoms with E-state index in [-0.39, 0.29) is 0 Å². The van der Waals surface area contributed by atoms with E-state index < -0.39 is 6.72 Å². The smallest absolute Gasteiger partial charge is 0.196 e. The first-order valence-corrected chi connectivity index (χ1v) is 4.87. The molecule has 0 aromatic carbocycles. The van der Waals surface area contributed by atoms with E-state index in [1.807, 2.05) is 0 Å². The summed E-state index contributed by atoms with van der Waals surface area (Å²) >= 11 is 11.8. The van der Waals surface area contributed by atoms with Crippen LogP contribution in [0, 0.1) is 0 Å². The lowest BCUT2D eigenvalue weighted by Gasteiger charge is -2.21. The van der Waals surface area contributed by atoms with Gasteiger partial charge in [-0.2, -0.15) is 0 Å². The largest absolute Gasteiger partial charge is 0.228 e. The van der Waals surface area contributed by atoms with Crippen molar-refractivity contribution in [3.05, 3.63) is 0 Å². The van der Waals surface area contributed by atoms with Crippen LogP contribution in [0.1, 0.15) is 6.92 Å². The van der Waals surface area contributed by atoms with Gasteiger partial charge in [-0.05, 0) is 22.9 Å². The summed E-state index contributed by atoms with van der Waals surface area (Å²) in [6.45, 7) is 1.38. The Morgan fingerprint density at radius 2 is 1.25 bits per heavy atom. The van der Waals surface area contributed by atoms with E-state index in [2.05, 4.69) is 63.7 Å². The van der Waals surface area contributed by atoms with Crippen LogP contribution in [0.15, 0.2) is 0 Å². The monoisotopic (exact) mass is 374 g/mol. The van der Waals surface area contributed by atoms with Crippen LogP contribution in [0.2, 0.25) is 0 Å². The van der Waals surface area contributed by atoms with Crippen LogP contribution < -0.4 is 0 Å². The van der Waals surface area contributed by atoms with E-state index in [1.165, 1.54) is 6.92 Å². The van der Waals surface area contributed by atoms with Crippen LogP contribution in [0.5, 0.6) is 0 Å². The minimum absolute atomic E-state index is 0.875. The topological polar surface area (TPSA) is 0 Å². The van der Waals surface area contributed by atoms with E-state index in [0.29, 0.717) is 0 Å². The third-order valence-corrected chi connectivity index (χ3v) is 4.92. The minimum Gasteiger partial charge on any atom is -0.228 e. The second-order valence-electron chi connectivity index (χ2n) is 1.39. The molecule has 0 fully saturated rings. The Labute approximate surface area is 81.1 Å². The lowest BCUT2D eigenvalue weighted by molar-refractivity contribution is 0.347. The molecule has 5 heteroatoms. The molecule has 0 nitrogen and oxygen atoms in total. The Morgan fingerprint density at radius 3 is 1.25 bits per heavy atom. The van der Waals surface area contributed by atoms with E-state index in [1.54, 1.807) is 0 Å². The molecule has 0 rings (SSSR count). The van der Waals surface area contributed by atoms with Gasteiger partial charge >= 0.3 is 0 Å². The maximum atomic E-state index is 12.7. The van der Waals surface area contributed by atoms with Crippen LogP contribution in [-0.4, -0.2) is 6.72 Å². The van der Waals surface area contributed by atoms with Gasteiger partial charge in [0.25, 0.3) is 0 Å². The zero-order valence-corrected chi connectivity index (χ0v) is 10.2. The average Bonchev–Trinajstić information content (AvgIpc) is 1.25. The van der Waals surface area contributed by atoms with Crippen molar-refractivity contribution in [2.24, 2.45) is 0 Å².